The van der Waals surface area contributed by atoms with Crippen LogP contribution in [0.2, 0.25) is 5.02 Å². The van der Waals surface area contributed by atoms with E-state index in [1.54, 1.807) is 12.1 Å². The van der Waals surface area contributed by atoms with Crippen molar-refractivity contribution in [3.05, 3.63) is 95.3 Å². The topological polar surface area (TPSA) is 36.4 Å². The second kappa shape index (κ2) is 8.60. The average molecular weight is 446 g/mol. The Hall–Kier alpha value is -3.44. The van der Waals surface area contributed by atoms with Crippen LogP contribution in [-0.4, -0.2) is 42.0 Å². The summed E-state index contributed by atoms with van der Waals surface area (Å²) in [6.07, 6.45) is 0. The maximum atomic E-state index is 14.2. The van der Waals surface area contributed by atoms with Gasteiger partial charge >= 0.3 is 0 Å². The standard InChI is InChI=1S/C26H21ClFN3O/c27-21-9-3-1-8-19(21)24-17-20(18-7-2-5-11-23(18)29-24)26(32)31-15-13-30(14-16-31)25-12-6-4-10-22(25)28/h1-12,17H,13-16H2. The average Bonchev–Trinajstić information content (AvgIpc) is 2.84. The van der Waals surface area contributed by atoms with Crippen molar-refractivity contribution >= 4 is 34.1 Å². The van der Waals surface area contributed by atoms with Crippen LogP contribution in [0.1, 0.15) is 10.4 Å². The summed E-state index contributed by atoms with van der Waals surface area (Å²) in [5.41, 5.74) is 3.39. The van der Waals surface area contributed by atoms with Gasteiger partial charge in [-0.05, 0) is 30.3 Å². The number of carbonyl (C=O) groups is 1. The minimum atomic E-state index is -0.239. The van der Waals surface area contributed by atoms with E-state index in [9.17, 15) is 9.18 Å². The third-order valence-corrected chi connectivity index (χ3v) is 6.19. The number of amides is 1. The zero-order valence-electron chi connectivity index (χ0n) is 17.3. The van der Waals surface area contributed by atoms with Gasteiger partial charge in [0.25, 0.3) is 5.91 Å². The minimum Gasteiger partial charge on any atom is -0.366 e. The number of halogens is 2. The molecule has 1 fully saturated rings. The molecular weight excluding hydrogens is 425 g/mol. The molecule has 4 nitrogen and oxygen atoms in total. The van der Waals surface area contributed by atoms with E-state index in [2.05, 4.69) is 0 Å². The van der Waals surface area contributed by atoms with Gasteiger partial charge in [0, 0.05) is 42.2 Å². The number of anilines is 1. The van der Waals surface area contributed by atoms with Crippen molar-refractivity contribution in [1.82, 2.24) is 9.88 Å². The Bertz CT molecular complexity index is 1300. The zero-order chi connectivity index (χ0) is 22.1. The smallest absolute Gasteiger partial charge is 0.254 e. The summed E-state index contributed by atoms with van der Waals surface area (Å²) in [6.45, 7) is 2.19. The fourth-order valence-electron chi connectivity index (χ4n) is 4.19. The summed E-state index contributed by atoms with van der Waals surface area (Å²) in [5, 5.41) is 1.40. The number of pyridine rings is 1. The molecule has 1 aromatic heterocycles. The monoisotopic (exact) mass is 445 g/mol. The second-order valence-corrected chi connectivity index (χ2v) is 8.19. The Morgan fingerprint density at radius 3 is 2.34 bits per heavy atom. The third kappa shape index (κ3) is 3.80. The molecule has 1 amide bonds. The first-order valence-electron chi connectivity index (χ1n) is 10.6. The maximum Gasteiger partial charge on any atom is 0.254 e. The highest BCUT2D eigenvalue weighted by Crippen LogP contribution is 2.30. The molecule has 0 N–H and O–H groups in total. The summed E-state index contributed by atoms with van der Waals surface area (Å²) in [7, 11) is 0. The molecule has 0 unspecified atom stereocenters. The Kier molecular flexibility index (Phi) is 5.50. The van der Waals surface area contributed by atoms with Gasteiger partial charge in [0.1, 0.15) is 5.82 Å². The van der Waals surface area contributed by atoms with Crippen molar-refractivity contribution in [1.29, 1.82) is 0 Å². The van der Waals surface area contributed by atoms with Gasteiger partial charge < -0.3 is 9.80 Å². The molecule has 1 aliphatic rings. The highest BCUT2D eigenvalue weighted by Gasteiger charge is 2.25. The Morgan fingerprint density at radius 1 is 0.875 bits per heavy atom. The lowest BCUT2D eigenvalue weighted by molar-refractivity contribution is 0.0748. The summed E-state index contributed by atoms with van der Waals surface area (Å²) in [5.74, 6) is -0.290. The minimum absolute atomic E-state index is 0.0508. The molecule has 1 saturated heterocycles. The first kappa shape index (κ1) is 20.5. The zero-order valence-corrected chi connectivity index (χ0v) is 18.1. The van der Waals surface area contributed by atoms with Gasteiger partial charge in [-0.25, -0.2) is 9.37 Å². The molecule has 6 heteroatoms. The lowest BCUT2D eigenvalue weighted by Gasteiger charge is -2.36. The van der Waals surface area contributed by atoms with Gasteiger partial charge in [-0.2, -0.15) is 0 Å². The van der Waals surface area contributed by atoms with Crippen LogP contribution in [0.25, 0.3) is 22.2 Å². The maximum absolute atomic E-state index is 14.2. The normalized spacial score (nSPS) is 14.1. The molecule has 0 saturated carbocycles. The van der Waals surface area contributed by atoms with Gasteiger partial charge in [0.2, 0.25) is 0 Å². The molecule has 3 aromatic carbocycles. The highest BCUT2D eigenvalue weighted by molar-refractivity contribution is 6.33. The van der Waals surface area contributed by atoms with Crippen molar-refractivity contribution in [3.8, 4) is 11.3 Å². The fourth-order valence-corrected chi connectivity index (χ4v) is 4.42. The first-order chi connectivity index (χ1) is 15.6. The second-order valence-electron chi connectivity index (χ2n) is 7.78. The van der Waals surface area contributed by atoms with Crippen LogP contribution < -0.4 is 4.90 Å². The molecule has 0 aliphatic carbocycles. The summed E-state index contributed by atoms with van der Waals surface area (Å²) < 4.78 is 14.2. The van der Waals surface area contributed by atoms with Crippen molar-refractivity contribution in [2.45, 2.75) is 0 Å². The van der Waals surface area contributed by atoms with Crippen molar-refractivity contribution in [2.24, 2.45) is 0 Å². The molecule has 160 valence electrons. The molecule has 32 heavy (non-hydrogen) atoms. The number of fused-ring (bicyclic) bond motifs is 1. The SMILES string of the molecule is O=C(c1cc(-c2ccccc2Cl)nc2ccccc12)N1CCN(c2ccccc2F)CC1. The molecular formula is C26H21ClFN3O. The number of rotatable bonds is 3. The summed E-state index contributed by atoms with van der Waals surface area (Å²) in [4.78, 5) is 22.1. The van der Waals surface area contributed by atoms with E-state index in [1.165, 1.54) is 6.07 Å². The lowest BCUT2D eigenvalue weighted by atomic mass is 10.0. The van der Waals surface area contributed by atoms with E-state index >= 15 is 0 Å². The van der Waals surface area contributed by atoms with Crippen LogP contribution in [0.5, 0.6) is 0 Å². The van der Waals surface area contributed by atoms with Gasteiger partial charge in [-0.3, -0.25) is 4.79 Å². The Balaban J connectivity index is 1.46. The molecule has 2 heterocycles. The fraction of sp³-hybridized carbons (Fsp3) is 0.154. The highest BCUT2D eigenvalue weighted by atomic mass is 35.5. The molecule has 0 bridgehead atoms. The Morgan fingerprint density at radius 2 is 1.56 bits per heavy atom. The number of aromatic nitrogens is 1. The number of hydrogen-bond acceptors (Lipinski definition) is 3. The molecule has 0 radical (unpaired) electrons. The van der Waals surface area contributed by atoms with Gasteiger partial charge in [-0.1, -0.05) is 60.1 Å². The van der Waals surface area contributed by atoms with Gasteiger partial charge in [0.15, 0.2) is 0 Å². The predicted molar refractivity (Wildman–Crippen MR) is 127 cm³/mol. The van der Waals surface area contributed by atoms with E-state index in [-0.39, 0.29) is 11.7 Å². The van der Waals surface area contributed by atoms with Crippen molar-refractivity contribution in [2.75, 3.05) is 31.1 Å². The molecule has 4 aromatic rings. The summed E-state index contributed by atoms with van der Waals surface area (Å²) >= 11 is 6.41. The third-order valence-electron chi connectivity index (χ3n) is 5.86. The van der Waals surface area contributed by atoms with E-state index in [1.807, 2.05) is 70.5 Å². The number of benzene rings is 3. The van der Waals surface area contributed by atoms with Crippen molar-refractivity contribution in [3.63, 3.8) is 0 Å². The lowest BCUT2D eigenvalue weighted by Crippen LogP contribution is -2.49. The largest absolute Gasteiger partial charge is 0.366 e. The van der Waals surface area contributed by atoms with E-state index in [0.717, 1.165) is 16.5 Å². The van der Waals surface area contributed by atoms with Gasteiger partial charge in [0.05, 0.1) is 22.5 Å². The molecule has 0 spiro atoms. The van der Waals surface area contributed by atoms with Crippen LogP contribution in [-0.2, 0) is 0 Å². The van der Waals surface area contributed by atoms with Gasteiger partial charge in [-0.15, -0.1) is 0 Å². The van der Waals surface area contributed by atoms with Crippen LogP contribution in [0.15, 0.2) is 78.9 Å². The summed E-state index contributed by atoms with van der Waals surface area (Å²) in [6, 6.07) is 23.7. The first-order valence-corrected chi connectivity index (χ1v) is 10.9. The quantitative estimate of drug-likeness (QED) is 0.408. The van der Waals surface area contributed by atoms with Crippen LogP contribution >= 0.6 is 11.6 Å². The number of hydrogen-bond donors (Lipinski definition) is 0. The number of nitrogens with zero attached hydrogens (tertiary/aromatic N) is 3. The molecule has 1 aliphatic heterocycles. The Labute approximate surface area is 190 Å². The van der Waals surface area contributed by atoms with Crippen LogP contribution in [0.4, 0.5) is 10.1 Å². The van der Waals surface area contributed by atoms with Crippen LogP contribution in [0, 0.1) is 5.82 Å². The van der Waals surface area contributed by atoms with Crippen molar-refractivity contribution < 1.29 is 9.18 Å². The number of carbonyl (C=O) groups excluding carboxylic acids is 1. The van der Waals surface area contributed by atoms with E-state index < -0.39 is 0 Å². The van der Waals surface area contributed by atoms with Crippen LogP contribution in [0.3, 0.4) is 0 Å². The van der Waals surface area contributed by atoms with E-state index in [0.29, 0.717) is 48.1 Å². The molecule has 0 atom stereocenters. The van der Waals surface area contributed by atoms with E-state index in [4.69, 9.17) is 16.6 Å². The molecule has 5 rings (SSSR count). The predicted octanol–water partition coefficient (Wildman–Crippen LogP) is 5.66. The number of piperazine rings is 1. The number of para-hydroxylation sites is 2.